The number of hydrogen-bond acceptors (Lipinski definition) is 2. The van der Waals surface area contributed by atoms with Crippen molar-refractivity contribution in [3.05, 3.63) is 0 Å². The van der Waals surface area contributed by atoms with Gasteiger partial charge < -0.3 is 0 Å². The Morgan fingerprint density at radius 3 is 2.62 bits per heavy atom. The molecule has 4 heteroatoms. The molecule has 0 aromatic heterocycles. The molecule has 0 amide bonds. The van der Waals surface area contributed by atoms with Gasteiger partial charge in [0.15, 0.2) is 0 Å². The maximum atomic E-state index is 5.52. The molecule has 0 bridgehead atoms. The average molecular weight is 150 g/mol. The molecule has 2 N–H and O–H groups in total. The molecule has 1 atom stereocenters. The summed E-state index contributed by atoms with van der Waals surface area (Å²) in [6.45, 7) is 0.993. The standard InChI is InChI=1S/C4H10N2S2/c5-6-3-1-2-4-8(6)7/h1-5H2. The van der Waals surface area contributed by atoms with Gasteiger partial charge in [-0.15, -0.1) is 0 Å². The van der Waals surface area contributed by atoms with E-state index in [9.17, 15) is 0 Å². The van der Waals surface area contributed by atoms with Crippen LogP contribution in [0.25, 0.3) is 0 Å². The summed E-state index contributed by atoms with van der Waals surface area (Å²) in [6, 6.07) is 0. The third-order valence-electron chi connectivity index (χ3n) is 1.21. The topological polar surface area (TPSA) is 29.3 Å². The molecule has 0 aliphatic carbocycles. The molecule has 48 valence electrons. The third kappa shape index (κ3) is 1.48. The van der Waals surface area contributed by atoms with Crippen molar-refractivity contribution in [1.82, 2.24) is 4.41 Å². The van der Waals surface area contributed by atoms with Gasteiger partial charge in [0, 0.05) is 12.3 Å². The minimum absolute atomic E-state index is 0.0405. The molecule has 8 heavy (non-hydrogen) atoms. The van der Waals surface area contributed by atoms with Crippen molar-refractivity contribution in [3.8, 4) is 0 Å². The summed E-state index contributed by atoms with van der Waals surface area (Å²) in [5.41, 5.74) is 0. The molecule has 2 nitrogen and oxygen atoms in total. The Morgan fingerprint density at radius 2 is 2.25 bits per heavy atom. The largest absolute Gasteiger partial charge is 0.259 e. The summed E-state index contributed by atoms with van der Waals surface area (Å²) in [5, 5.41) is 0. The summed E-state index contributed by atoms with van der Waals surface area (Å²) in [7, 11) is -0.0405. The highest BCUT2D eigenvalue weighted by atomic mass is 32.8. The molecule has 0 aromatic carbocycles. The first kappa shape index (κ1) is 6.61. The van der Waals surface area contributed by atoms with Crippen molar-refractivity contribution in [2.75, 3.05) is 12.3 Å². The lowest BCUT2D eigenvalue weighted by atomic mass is 10.3. The fourth-order valence-corrected chi connectivity index (χ4v) is 2.31. The number of nitrogens with zero attached hydrogens (tertiary/aromatic N) is 1. The molecule has 1 aliphatic rings. The van der Waals surface area contributed by atoms with Gasteiger partial charge in [-0.05, 0) is 33.7 Å². The van der Waals surface area contributed by atoms with Crippen molar-refractivity contribution in [3.63, 3.8) is 0 Å². The number of nitrogens with two attached hydrogens (primary N) is 1. The van der Waals surface area contributed by atoms with Crippen LogP contribution in [-0.4, -0.2) is 16.7 Å². The van der Waals surface area contributed by atoms with Crippen molar-refractivity contribution in [2.45, 2.75) is 12.8 Å². The zero-order valence-electron chi connectivity index (χ0n) is 4.67. The van der Waals surface area contributed by atoms with Gasteiger partial charge in [0.1, 0.15) is 0 Å². The lowest BCUT2D eigenvalue weighted by molar-refractivity contribution is 0.457. The molecule has 0 aromatic rings. The van der Waals surface area contributed by atoms with E-state index in [1.54, 1.807) is 4.41 Å². The fraction of sp³-hybridized carbons (Fsp3) is 1.00. The fourth-order valence-electron chi connectivity index (χ4n) is 0.712. The Bertz CT molecular complexity index is 104. The van der Waals surface area contributed by atoms with Crippen LogP contribution < -0.4 is 5.84 Å². The maximum Gasteiger partial charge on any atom is 0.0245 e. The van der Waals surface area contributed by atoms with Crippen molar-refractivity contribution in [1.29, 1.82) is 0 Å². The highest BCUT2D eigenvalue weighted by Gasteiger charge is 2.08. The van der Waals surface area contributed by atoms with Crippen LogP contribution in [0.2, 0.25) is 0 Å². The van der Waals surface area contributed by atoms with E-state index >= 15 is 0 Å². The summed E-state index contributed by atoms with van der Waals surface area (Å²) in [5.74, 6) is 6.64. The van der Waals surface area contributed by atoms with E-state index < -0.39 is 0 Å². The van der Waals surface area contributed by atoms with Crippen molar-refractivity contribution < 1.29 is 0 Å². The average Bonchev–Trinajstić information content (AvgIpc) is 1.77. The Morgan fingerprint density at radius 1 is 1.50 bits per heavy atom. The van der Waals surface area contributed by atoms with Crippen LogP contribution in [0.15, 0.2) is 0 Å². The van der Waals surface area contributed by atoms with Gasteiger partial charge in [-0.3, -0.25) is 5.84 Å². The zero-order chi connectivity index (χ0) is 5.98. The lowest BCUT2D eigenvalue weighted by Crippen LogP contribution is -2.37. The molecule has 0 spiro atoms. The quantitative estimate of drug-likeness (QED) is 0.491. The highest BCUT2D eigenvalue weighted by Crippen LogP contribution is 2.04. The Kier molecular flexibility index (Phi) is 2.37. The van der Waals surface area contributed by atoms with Gasteiger partial charge in [0.05, 0.1) is 0 Å². The summed E-state index contributed by atoms with van der Waals surface area (Å²) in [6.07, 6.45) is 2.48. The molecule has 0 radical (unpaired) electrons. The predicted octanol–water partition coefficient (Wildman–Crippen LogP) is -0.0489. The Labute approximate surface area is 56.7 Å². The first-order valence-corrected chi connectivity index (χ1v) is 4.99. The normalized spacial score (nSPS) is 32.9. The first-order chi connectivity index (χ1) is 3.80. The molecule has 1 aliphatic heterocycles. The molecular formula is C4H10N2S2. The minimum Gasteiger partial charge on any atom is -0.259 e. The Hall–Kier alpha value is 0.490. The van der Waals surface area contributed by atoms with Crippen molar-refractivity contribution >= 4 is 20.8 Å². The van der Waals surface area contributed by atoms with Crippen LogP contribution in [-0.2, 0) is 20.8 Å². The van der Waals surface area contributed by atoms with Crippen molar-refractivity contribution in [2.24, 2.45) is 5.84 Å². The van der Waals surface area contributed by atoms with Crippen LogP contribution >= 0.6 is 0 Å². The van der Waals surface area contributed by atoms with E-state index in [0.717, 1.165) is 12.3 Å². The van der Waals surface area contributed by atoms with Crippen LogP contribution in [0, 0.1) is 0 Å². The van der Waals surface area contributed by atoms with E-state index in [1.165, 1.54) is 12.8 Å². The van der Waals surface area contributed by atoms with Gasteiger partial charge in [-0.25, -0.2) is 0 Å². The number of hydrazine groups is 1. The van der Waals surface area contributed by atoms with Crippen LogP contribution in [0.1, 0.15) is 12.8 Å². The SMILES string of the molecule is NN1CCCCS1=S. The second-order valence-electron chi connectivity index (χ2n) is 1.87. The van der Waals surface area contributed by atoms with E-state index in [2.05, 4.69) is 0 Å². The van der Waals surface area contributed by atoms with E-state index in [0.29, 0.717) is 0 Å². The van der Waals surface area contributed by atoms with Gasteiger partial charge in [0.25, 0.3) is 0 Å². The summed E-state index contributed by atoms with van der Waals surface area (Å²) in [4.78, 5) is 0. The lowest BCUT2D eigenvalue weighted by Gasteiger charge is -2.22. The van der Waals surface area contributed by atoms with E-state index in [4.69, 9.17) is 17.0 Å². The van der Waals surface area contributed by atoms with Gasteiger partial charge >= 0.3 is 0 Å². The maximum absolute atomic E-state index is 5.52. The van der Waals surface area contributed by atoms with Crippen LogP contribution in [0.3, 0.4) is 0 Å². The smallest absolute Gasteiger partial charge is 0.0245 e. The second kappa shape index (κ2) is 2.87. The molecule has 1 heterocycles. The van der Waals surface area contributed by atoms with Crippen LogP contribution in [0.4, 0.5) is 0 Å². The second-order valence-corrected chi connectivity index (χ2v) is 4.55. The molecule has 0 saturated carbocycles. The minimum atomic E-state index is -0.0405. The molecule has 1 rings (SSSR count). The predicted molar refractivity (Wildman–Crippen MR) is 39.7 cm³/mol. The van der Waals surface area contributed by atoms with Crippen LogP contribution in [0.5, 0.6) is 0 Å². The molecule has 1 fully saturated rings. The summed E-state index contributed by atoms with van der Waals surface area (Å²) < 4.78 is 1.78. The Balaban J connectivity index is 2.39. The molecular weight excluding hydrogens is 140 g/mol. The highest BCUT2D eigenvalue weighted by molar-refractivity contribution is 8.27. The zero-order valence-corrected chi connectivity index (χ0v) is 6.30. The number of hydrogen-bond donors (Lipinski definition) is 1. The van der Waals surface area contributed by atoms with E-state index in [-0.39, 0.29) is 9.64 Å². The monoisotopic (exact) mass is 150 g/mol. The van der Waals surface area contributed by atoms with E-state index in [1.807, 2.05) is 0 Å². The third-order valence-corrected chi connectivity index (χ3v) is 3.63. The van der Waals surface area contributed by atoms with Gasteiger partial charge in [-0.1, -0.05) is 0 Å². The summed E-state index contributed by atoms with van der Waals surface area (Å²) >= 11 is 5.04. The van der Waals surface area contributed by atoms with Gasteiger partial charge in [-0.2, -0.15) is 4.41 Å². The molecule has 1 unspecified atom stereocenters. The first-order valence-electron chi connectivity index (χ1n) is 2.71. The van der Waals surface area contributed by atoms with Gasteiger partial charge in [0.2, 0.25) is 0 Å². The number of rotatable bonds is 0. The molecule has 1 saturated heterocycles.